The molecule has 0 bridgehead atoms. The summed E-state index contributed by atoms with van der Waals surface area (Å²) in [5.41, 5.74) is 5.46. The second-order valence-electron chi connectivity index (χ2n) is 3.87. The van der Waals surface area contributed by atoms with Gasteiger partial charge in [-0.2, -0.15) is 0 Å². The Morgan fingerprint density at radius 1 is 1.50 bits per heavy atom. The van der Waals surface area contributed by atoms with E-state index in [-0.39, 0.29) is 29.1 Å². The van der Waals surface area contributed by atoms with Gasteiger partial charge in [0.2, 0.25) is 10.0 Å². The summed E-state index contributed by atoms with van der Waals surface area (Å²) in [5.74, 6) is 0.00150. The van der Waals surface area contributed by atoms with Crippen molar-refractivity contribution in [3.63, 3.8) is 0 Å². The Morgan fingerprint density at radius 2 is 2.28 bits per heavy atom. The molecule has 1 aliphatic heterocycles. The van der Waals surface area contributed by atoms with E-state index >= 15 is 0 Å². The van der Waals surface area contributed by atoms with E-state index in [9.17, 15) is 8.42 Å². The first-order chi connectivity index (χ1) is 8.50. The van der Waals surface area contributed by atoms with Gasteiger partial charge in [-0.05, 0) is 6.92 Å². The summed E-state index contributed by atoms with van der Waals surface area (Å²) in [6.07, 6.45) is -0.296. The van der Waals surface area contributed by atoms with E-state index < -0.39 is 10.0 Å². The third-order valence-corrected chi connectivity index (χ3v) is 4.07. The molecule has 0 aliphatic carbocycles. The van der Waals surface area contributed by atoms with Gasteiger partial charge in [-0.1, -0.05) is 5.16 Å². The van der Waals surface area contributed by atoms with E-state index in [2.05, 4.69) is 9.88 Å². The van der Waals surface area contributed by atoms with Crippen LogP contribution in [0.2, 0.25) is 0 Å². The predicted octanol–water partition coefficient (Wildman–Crippen LogP) is -0.741. The van der Waals surface area contributed by atoms with Gasteiger partial charge in [-0.15, -0.1) is 0 Å². The first-order valence-electron chi connectivity index (χ1n) is 5.41. The Labute approximate surface area is 104 Å². The fraction of sp³-hybridized carbons (Fsp3) is 0.667. The van der Waals surface area contributed by atoms with Crippen molar-refractivity contribution in [2.45, 2.75) is 17.9 Å². The average molecular weight is 277 g/mol. The molecule has 1 aromatic heterocycles. The third-order valence-electron chi connectivity index (χ3n) is 2.49. The quantitative estimate of drug-likeness (QED) is 0.744. The van der Waals surface area contributed by atoms with Gasteiger partial charge in [-0.25, -0.2) is 13.1 Å². The Hall–Kier alpha value is -1.16. The molecular formula is C9H15N3O5S. The summed E-state index contributed by atoms with van der Waals surface area (Å²) in [6.45, 7) is 2.95. The maximum Gasteiger partial charge on any atom is 0.247 e. The van der Waals surface area contributed by atoms with Crippen molar-refractivity contribution in [1.29, 1.82) is 0 Å². The van der Waals surface area contributed by atoms with Crippen LogP contribution in [-0.2, 0) is 19.5 Å². The molecule has 0 amide bonds. The Bertz CT molecular complexity index is 487. The number of nitrogens with one attached hydrogen (secondary N) is 1. The number of nitrogens with two attached hydrogens (primary N) is 1. The van der Waals surface area contributed by atoms with Gasteiger partial charge in [0.15, 0.2) is 16.5 Å². The molecule has 9 heteroatoms. The summed E-state index contributed by atoms with van der Waals surface area (Å²) >= 11 is 0. The van der Waals surface area contributed by atoms with Crippen molar-refractivity contribution >= 4 is 15.8 Å². The molecule has 1 fully saturated rings. The second-order valence-corrected chi connectivity index (χ2v) is 5.58. The summed E-state index contributed by atoms with van der Waals surface area (Å²) in [7, 11) is -3.74. The van der Waals surface area contributed by atoms with Gasteiger partial charge in [0, 0.05) is 6.54 Å². The molecule has 0 spiro atoms. The molecular weight excluding hydrogens is 262 g/mol. The summed E-state index contributed by atoms with van der Waals surface area (Å²) in [6, 6.07) is 0. The summed E-state index contributed by atoms with van der Waals surface area (Å²) in [4.78, 5) is -0.126. The molecule has 102 valence electrons. The molecule has 18 heavy (non-hydrogen) atoms. The van der Waals surface area contributed by atoms with Crippen LogP contribution >= 0.6 is 0 Å². The normalized spacial score (nSPS) is 21.1. The van der Waals surface area contributed by atoms with Crippen molar-refractivity contribution in [1.82, 2.24) is 9.88 Å². The molecule has 1 unspecified atom stereocenters. The highest BCUT2D eigenvalue weighted by molar-refractivity contribution is 7.89. The average Bonchev–Trinajstić information content (AvgIpc) is 2.69. The van der Waals surface area contributed by atoms with E-state index in [4.69, 9.17) is 19.7 Å². The molecule has 1 aromatic rings. The lowest BCUT2D eigenvalue weighted by Crippen LogP contribution is -2.39. The van der Waals surface area contributed by atoms with Crippen LogP contribution in [0, 0.1) is 6.92 Å². The van der Waals surface area contributed by atoms with Crippen molar-refractivity contribution < 1.29 is 22.4 Å². The molecule has 3 N–H and O–H groups in total. The SMILES string of the molecule is Cc1onc(N)c1S(=O)(=O)NCC1COCCO1. The molecule has 0 radical (unpaired) electrons. The number of nitrogens with zero attached hydrogens (tertiary/aromatic N) is 1. The number of nitrogen functional groups attached to an aromatic ring is 1. The van der Waals surface area contributed by atoms with E-state index in [1.54, 1.807) is 0 Å². The van der Waals surface area contributed by atoms with Gasteiger partial charge in [0.25, 0.3) is 0 Å². The van der Waals surface area contributed by atoms with Crippen LogP contribution in [-0.4, -0.2) is 46.0 Å². The van der Waals surface area contributed by atoms with Gasteiger partial charge >= 0.3 is 0 Å². The Balaban J connectivity index is 2.03. The van der Waals surface area contributed by atoms with Gasteiger partial charge in [0.1, 0.15) is 0 Å². The van der Waals surface area contributed by atoms with Crippen LogP contribution in [0.5, 0.6) is 0 Å². The predicted molar refractivity (Wildman–Crippen MR) is 61.4 cm³/mol. The number of hydrogen-bond donors (Lipinski definition) is 2. The number of aromatic nitrogens is 1. The van der Waals surface area contributed by atoms with Crippen LogP contribution in [0.25, 0.3) is 0 Å². The molecule has 1 aliphatic rings. The number of anilines is 1. The molecule has 8 nitrogen and oxygen atoms in total. The zero-order valence-corrected chi connectivity index (χ0v) is 10.7. The minimum absolute atomic E-state index is 0.117. The zero-order valence-electron chi connectivity index (χ0n) is 9.88. The van der Waals surface area contributed by atoms with Crippen molar-refractivity contribution in [2.75, 3.05) is 32.1 Å². The monoisotopic (exact) mass is 277 g/mol. The largest absolute Gasteiger partial charge is 0.380 e. The van der Waals surface area contributed by atoms with Gasteiger partial charge in [0.05, 0.1) is 25.9 Å². The van der Waals surface area contributed by atoms with Crippen LogP contribution in [0.15, 0.2) is 9.42 Å². The number of ether oxygens (including phenoxy) is 2. The number of sulfonamides is 1. The van der Waals surface area contributed by atoms with E-state index in [1.165, 1.54) is 6.92 Å². The standard InChI is InChI=1S/C9H15N3O5S/c1-6-8(9(10)12-17-6)18(13,14)11-4-7-5-15-2-3-16-7/h7,11H,2-5H2,1H3,(H2,10,12). The van der Waals surface area contributed by atoms with Crippen LogP contribution in [0.4, 0.5) is 5.82 Å². The van der Waals surface area contributed by atoms with Crippen molar-refractivity contribution in [3.8, 4) is 0 Å². The van der Waals surface area contributed by atoms with Gasteiger partial charge < -0.3 is 19.7 Å². The second kappa shape index (κ2) is 5.22. The zero-order chi connectivity index (χ0) is 13.2. The lowest BCUT2D eigenvalue weighted by molar-refractivity contribution is -0.0846. The first-order valence-corrected chi connectivity index (χ1v) is 6.90. The molecule has 2 heterocycles. The number of hydrogen-bond acceptors (Lipinski definition) is 7. The first kappa shape index (κ1) is 13.3. The van der Waals surface area contributed by atoms with Crippen LogP contribution in [0.1, 0.15) is 5.76 Å². The van der Waals surface area contributed by atoms with E-state index in [1.807, 2.05) is 0 Å². The highest BCUT2D eigenvalue weighted by atomic mass is 32.2. The molecule has 2 rings (SSSR count). The molecule has 0 saturated carbocycles. The van der Waals surface area contributed by atoms with Crippen molar-refractivity contribution in [3.05, 3.63) is 5.76 Å². The highest BCUT2D eigenvalue weighted by Gasteiger charge is 2.26. The number of rotatable bonds is 4. The minimum atomic E-state index is -3.74. The number of aryl methyl sites for hydroxylation is 1. The minimum Gasteiger partial charge on any atom is -0.380 e. The maximum atomic E-state index is 12.0. The molecule has 1 atom stereocenters. The molecule has 0 aromatic carbocycles. The van der Waals surface area contributed by atoms with Crippen LogP contribution < -0.4 is 10.5 Å². The fourth-order valence-electron chi connectivity index (χ4n) is 1.64. The van der Waals surface area contributed by atoms with E-state index in [0.29, 0.717) is 19.8 Å². The van der Waals surface area contributed by atoms with Gasteiger partial charge in [-0.3, -0.25) is 0 Å². The summed E-state index contributed by atoms with van der Waals surface area (Å²) in [5, 5.41) is 3.40. The summed E-state index contributed by atoms with van der Waals surface area (Å²) < 4.78 is 41.6. The smallest absolute Gasteiger partial charge is 0.247 e. The maximum absolute atomic E-state index is 12.0. The third kappa shape index (κ3) is 2.80. The Morgan fingerprint density at radius 3 is 2.83 bits per heavy atom. The fourth-order valence-corrected chi connectivity index (χ4v) is 2.92. The van der Waals surface area contributed by atoms with Crippen molar-refractivity contribution in [2.24, 2.45) is 0 Å². The lowest BCUT2D eigenvalue weighted by Gasteiger charge is -2.22. The lowest BCUT2D eigenvalue weighted by atomic mass is 10.3. The van der Waals surface area contributed by atoms with Crippen LogP contribution in [0.3, 0.4) is 0 Å². The molecule has 1 saturated heterocycles. The van der Waals surface area contributed by atoms with E-state index in [0.717, 1.165) is 0 Å². The highest BCUT2D eigenvalue weighted by Crippen LogP contribution is 2.21. The topological polar surface area (TPSA) is 117 Å². The Kier molecular flexibility index (Phi) is 3.85.